The lowest BCUT2D eigenvalue weighted by molar-refractivity contribution is -0.114. The van der Waals surface area contributed by atoms with Crippen molar-refractivity contribution in [2.75, 3.05) is 17.2 Å². The predicted octanol–water partition coefficient (Wildman–Crippen LogP) is 5.49. The van der Waals surface area contributed by atoms with Gasteiger partial charge in [-0.15, -0.1) is 0 Å². The molecule has 1 amide bonds. The Morgan fingerprint density at radius 1 is 0.962 bits per heavy atom. The van der Waals surface area contributed by atoms with Crippen molar-refractivity contribution >= 4 is 28.9 Å². The largest absolute Gasteiger partial charge is 0.455 e. The van der Waals surface area contributed by atoms with Gasteiger partial charge in [-0.1, -0.05) is 48.0 Å². The molecule has 5 heteroatoms. The van der Waals surface area contributed by atoms with Gasteiger partial charge in [0.25, 0.3) is 0 Å². The normalized spacial score (nSPS) is 10.2. The fourth-order valence-electron chi connectivity index (χ4n) is 2.43. The Kier molecular flexibility index (Phi) is 5.77. The topological polar surface area (TPSA) is 50.4 Å². The quantitative estimate of drug-likeness (QED) is 0.606. The maximum atomic E-state index is 12.2. The van der Waals surface area contributed by atoms with Crippen LogP contribution in [0, 0.1) is 6.92 Å². The molecule has 26 heavy (non-hydrogen) atoms. The van der Waals surface area contributed by atoms with Crippen molar-refractivity contribution in [3.8, 4) is 11.5 Å². The lowest BCUT2D eigenvalue weighted by Crippen LogP contribution is -2.22. The van der Waals surface area contributed by atoms with E-state index in [0.717, 1.165) is 11.3 Å². The molecular formula is C21H19ClN2O2. The molecule has 3 aromatic carbocycles. The monoisotopic (exact) mass is 366 g/mol. The average Bonchev–Trinajstić information content (AvgIpc) is 2.65. The fraction of sp³-hybridized carbons (Fsp3) is 0.0952. The molecule has 0 aliphatic heterocycles. The third-order valence-electron chi connectivity index (χ3n) is 3.77. The third-order valence-corrected chi connectivity index (χ3v) is 4.01. The first-order valence-corrected chi connectivity index (χ1v) is 8.61. The molecule has 3 rings (SSSR count). The molecule has 0 aliphatic carbocycles. The number of ether oxygens (including phenoxy) is 1. The SMILES string of the molecule is Cc1ccccc1NC(=O)CNc1cc(Cl)ccc1Oc1ccccc1. The second kappa shape index (κ2) is 8.41. The number of rotatable bonds is 6. The van der Waals surface area contributed by atoms with Crippen LogP contribution in [0.5, 0.6) is 11.5 Å². The van der Waals surface area contributed by atoms with Gasteiger partial charge in [0.2, 0.25) is 5.91 Å². The number of nitrogens with one attached hydrogen (secondary N) is 2. The molecule has 2 N–H and O–H groups in total. The Bertz CT molecular complexity index is 898. The van der Waals surface area contributed by atoms with Crippen LogP contribution in [0.3, 0.4) is 0 Å². The highest BCUT2D eigenvalue weighted by atomic mass is 35.5. The molecule has 132 valence electrons. The number of para-hydroxylation sites is 2. The van der Waals surface area contributed by atoms with Gasteiger partial charge in [-0.05, 0) is 48.9 Å². The Balaban J connectivity index is 1.68. The van der Waals surface area contributed by atoms with E-state index < -0.39 is 0 Å². The van der Waals surface area contributed by atoms with Gasteiger partial charge in [0.15, 0.2) is 5.75 Å². The zero-order chi connectivity index (χ0) is 18.4. The van der Waals surface area contributed by atoms with E-state index in [0.29, 0.717) is 22.2 Å². The number of carbonyl (C=O) groups excluding carboxylic acids is 1. The van der Waals surface area contributed by atoms with Crippen LogP contribution in [-0.2, 0) is 4.79 Å². The summed E-state index contributed by atoms with van der Waals surface area (Å²) < 4.78 is 5.88. The fourth-order valence-corrected chi connectivity index (χ4v) is 2.60. The molecule has 3 aromatic rings. The standard InChI is InChI=1S/C21H19ClN2O2/c1-15-7-5-6-10-18(15)24-21(25)14-23-19-13-16(22)11-12-20(19)26-17-8-3-2-4-9-17/h2-13,23H,14H2,1H3,(H,24,25). The number of hydrogen-bond donors (Lipinski definition) is 2. The molecule has 0 radical (unpaired) electrons. The third kappa shape index (κ3) is 4.77. The van der Waals surface area contributed by atoms with Crippen LogP contribution >= 0.6 is 11.6 Å². The second-order valence-corrected chi connectivity index (χ2v) is 6.21. The highest BCUT2D eigenvalue weighted by molar-refractivity contribution is 6.31. The molecule has 0 bridgehead atoms. The minimum atomic E-state index is -0.148. The maximum Gasteiger partial charge on any atom is 0.243 e. The molecule has 0 aliphatic rings. The van der Waals surface area contributed by atoms with Crippen molar-refractivity contribution in [3.05, 3.63) is 83.4 Å². The lowest BCUT2D eigenvalue weighted by atomic mass is 10.2. The lowest BCUT2D eigenvalue weighted by Gasteiger charge is -2.14. The van der Waals surface area contributed by atoms with E-state index in [1.165, 1.54) is 0 Å². The molecule has 4 nitrogen and oxygen atoms in total. The molecule has 0 saturated carbocycles. The van der Waals surface area contributed by atoms with E-state index in [1.54, 1.807) is 18.2 Å². The number of carbonyl (C=O) groups is 1. The first-order chi connectivity index (χ1) is 12.6. The van der Waals surface area contributed by atoms with Gasteiger partial charge in [-0.25, -0.2) is 0 Å². The smallest absolute Gasteiger partial charge is 0.243 e. The number of benzene rings is 3. The highest BCUT2D eigenvalue weighted by Gasteiger charge is 2.09. The summed E-state index contributed by atoms with van der Waals surface area (Å²) in [7, 11) is 0. The van der Waals surface area contributed by atoms with Crippen molar-refractivity contribution in [2.24, 2.45) is 0 Å². The summed E-state index contributed by atoms with van der Waals surface area (Å²) in [6.07, 6.45) is 0. The van der Waals surface area contributed by atoms with Crippen LogP contribution in [-0.4, -0.2) is 12.5 Å². The van der Waals surface area contributed by atoms with Crippen molar-refractivity contribution in [2.45, 2.75) is 6.92 Å². The summed E-state index contributed by atoms with van der Waals surface area (Å²) in [6.45, 7) is 2.05. The maximum absolute atomic E-state index is 12.2. The Labute approximate surface area is 157 Å². The zero-order valence-corrected chi connectivity index (χ0v) is 15.1. The Hall–Kier alpha value is -2.98. The first kappa shape index (κ1) is 17.8. The number of amides is 1. The molecule has 0 atom stereocenters. The molecule has 0 heterocycles. The van der Waals surface area contributed by atoms with Crippen LogP contribution in [0.4, 0.5) is 11.4 Å². The van der Waals surface area contributed by atoms with Gasteiger partial charge in [0.1, 0.15) is 5.75 Å². The summed E-state index contributed by atoms with van der Waals surface area (Å²) in [5.41, 5.74) is 2.46. The van der Waals surface area contributed by atoms with Gasteiger partial charge in [0.05, 0.1) is 12.2 Å². The van der Waals surface area contributed by atoms with Crippen molar-refractivity contribution in [1.29, 1.82) is 0 Å². The van der Waals surface area contributed by atoms with E-state index in [9.17, 15) is 4.79 Å². The average molecular weight is 367 g/mol. The summed E-state index contributed by atoms with van der Waals surface area (Å²) in [6, 6.07) is 22.3. The number of anilines is 2. The summed E-state index contributed by atoms with van der Waals surface area (Å²) in [4.78, 5) is 12.2. The van der Waals surface area contributed by atoms with Gasteiger partial charge < -0.3 is 15.4 Å². The Morgan fingerprint density at radius 2 is 1.69 bits per heavy atom. The summed E-state index contributed by atoms with van der Waals surface area (Å²) in [5, 5.41) is 6.54. The molecule has 0 aromatic heterocycles. The van der Waals surface area contributed by atoms with Crippen LogP contribution in [0.2, 0.25) is 5.02 Å². The Morgan fingerprint density at radius 3 is 2.46 bits per heavy atom. The summed E-state index contributed by atoms with van der Waals surface area (Å²) in [5.74, 6) is 1.16. The second-order valence-electron chi connectivity index (χ2n) is 5.77. The minimum absolute atomic E-state index is 0.0970. The highest BCUT2D eigenvalue weighted by Crippen LogP contribution is 2.31. The van der Waals surface area contributed by atoms with Gasteiger partial charge in [0, 0.05) is 10.7 Å². The van der Waals surface area contributed by atoms with E-state index >= 15 is 0 Å². The first-order valence-electron chi connectivity index (χ1n) is 8.23. The van der Waals surface area contributed by atoms with Gasteiger partial charge >= 0.3 is 0 Å². The van der Waals surface area contributed by atoms with E-state index in [2.05, 4.69) is 10.6 Å². The number of halogens is 1. The molecule has 0 unspecified atom stereocenters. The molecule has 0 saturated heterocycles. The zero-order valence-electron chi connectivity index (χ0n) is 14.3. The molecule has 0 spiro atoms. The van der Waals surface area contributed by atoms with Crippen molar-refractivity contribution in [1.82, 2.24) is 0 Å². The number of hydrogen-bond acceptors (Lipinski definition) is 3. The minimum Gasteiger partial charge on any atom is -0.455 e. The molecular weight excluding hydrogens is 348 g/mol. The van der Waals surface area contributed by atoms with E-state index in [-0.39, 0.29) is 12.5 Å². The summed E-state index contributed by atoms with van der Waals surface area (Å²) >= 11 is 6.09. The van der Waals surface area contributed by atoms with Gasteiger partial charge in [-0.3, -0.25) is 4.79 Å². The van der Waals surface area contributed by atoms with Gasteiger partial charge in [-0.2, -0.15) is 0 Å². The molecule has 0 fully saturated rings. The van der Waals surface area contributed by atoms with E-state index in [1.807, 2.05) is 61.5 Å². The van der Waals surface area contributed by atoms with Crippen LogP contribution in [0.25, 0.3) is 0 Å². The van der Waals surface area contributed by atoms with E-state index in [4.69, 9.17) is 16.3 Å². The van der Waals surface area contributed by atoms with Crippen LogP contribution < -0.4 is 15.4 Å². The van der Waals surface area contributed by atoms with Crippen LogP contribution in [0.1, 0.15) is 5.56 Å². The van der Waals surface area contributed by atoms with Crippen molar-refractivity contribution in [3.63, 3.8) is 0 Å². The number of aryl methyl sites for hydroxylation is 1. The van der Waals surface area contributed by atoms with Crippen molar-refractivity contribution < 1.29 is 9.53 Å². The predicted molar refractivity (Wildman–Crippen MR) is 106 cm³/mol. The van der Waals surface area contributed by atoms with Crippen LogP contribution in [0.15, 0.2) is 72.8 Å².